The summed E-state index contributed by atoms with van der Waals surface area (Å²) in [6.07, 6.45) is 3.54. The van der Waals surface area contributed by atoms with Crippen LogP contribution in [0.25, 0.3) is 11.4 Å². The van der Waals surface area contributed by atoms with Gasteiger partial charge < -0.3 is 14.0 Å². The summed E-state index contributed by atoms with van der Waals surface area (Å²) < 4.78 is 18.5. The summed E-state index contributed by atoms with van der Waals surface area (Å²) in [6.45, 7) is 0.660. The topological polar surface area (TPSA) is 75.2 Å². The molecule has 0 atom stereocenters. The molecule has 0 saturated heterocycles. The van der Waals surface area contributed by atoms with Crippen molar-refractivity contribution in [2.75, 3.05) is 6.79 Å². The minimum atomic E-state index is 0.241. The number of fused-ring (bicyclic) bond motifs is 1. The van der Waals surface area contributed by atoms with E-state index in [1.165, 1.54) is 0 Å². The first-order valence-electron chi connectivity index (χ1n) is 6.18. The van der Waals surface area contributed by atoms with Gasteiger partial charge in [0.05, 0.1) is 10.7 Å². The van der Waals surface area contributed by atoms with Crippen LogP contribution in [0.3, 0.4) is 0 Å². The Hall–Kier alpha value is -2.35. The molecule has 8 heteroatoms. The summed E-state index contributed by atoms with van der Waals surface area (Å²) in [4.78, 5) is 4.36. The standard InChI is InChI=1S/C13H9BrN4O3/c14-9-4-15-18(5-9)6-12-16-13(17-21-12)8-1-2-10-11(3-8)20-7-19-10/h1-5H,6-7H2. The maximum Gasteiger partial charge on any atom is 0.248 e. The zero-order valence-corrected chi connectivity index (χ0v) is 12.3. The molecule has 1 aliphatic heterocycles. The SMILES string of the molecule is Brc1cnn(Cc2nc(-c3ccc4c(c3)OCO4)no2)c1. The van der Waals surface area contributed by atoms with Crippen molar-refractivity contribution in [3.63, 3.8) is 0 Å². The second-order valence-electron chi connectivity index (χ2n) is 4.44. The van der Waals surface area contributed by atoms with Crippen molar-refractivity contribution < 1.29 is 14.0 Å². The minimum Gasteiger partial charge on any atom is -0.454 e. The van der Waals surface area contributed by atoms with Crippen LogP contribution in [0.5, 0.6) is 11.5 Å². The Kier molecular flexibility index (Phi) is 2.88. The van der Waals surface area contributed by atoms with E-state index in [2.05, 4.69) is 31.2 Å². The van der Waals surface area contributed by atoms with Crippen molar-refractivity contribution in [1.82, 2.24) is 19.9 Å². The highest BCUT2D eigenvalue weighted by Gasteiger charge is 2.16. The summed E-state index contributed by atoms with van der Waals surface area (Å²) in [5.74, 6) is 2.41. The first-order chi connectivity index (χ1) is 10.3. The van der Waals surface area contributed by atoms with Crippen LogP contribution in [0, 0.1) is 0 Å². The predicted molar refractivity (Wildman–Crippen MR) is 74.9 cm³/mol. The molecule has 1 aromatic carbocycles. The monoisotopic (exact) mass is 348 g/mol. The summed E-state index contributed by atoms with van der Waals surface area (Å²) in [6, 6.07) is 5.53. The average molecular weight is 349 g/mol. The van der Waals surface area contributed by atoms with E-state index in [0.29, 0.717) is 24.0 Å². The second kappa shape index (κ2) is 4.88. The normalized spacial score (nSPS) is 12.8. The van der Waals surface area contributed by atoms with E-state index < -0.39 is 0 Å². The molecular formula is C13H9BrN4O3. The Morgan fingerprint density at radius 1 is 1.24 bits per heavy atom. The van der Waals surface area contributed by atoms with Crippen molar-refractivity contribution in [1.29, 1.82) is 0 Å². The molecule has 0 amide bonds. The Bertz CT molecular complexity index is 798. The van der Waals surface area contributed by atoms with Gasteiger partial charge in [-0.3, -0.25) is 4.68 Å². The highest BCUT2D eigenvalue weighted by atomic mass is 79.9. The fourth-order valence-electron chi connectivity index (χ4n) is 2.04. The Balaban J connectivity index is 1.59. The van der Waals surface area contributed by atoms with Gasteiger partial charge in [0.2, 0.25) is 18.5 Å². The van der Waals surface area contributed by atoms with E-state index in [-0.39, 0.29) is 6.79 Å². The third-order valence-corrected chi connectivity index (χ3v) is 3.41. The van der Waals surface area contributed by atoms with E-state index in [1.807, 2.05) is 24.4 Å². The molecule has 0 unspecified atom stereocenters. The molecule has 4 rings (SSSR count). The molecule has 3 aromatic rings. The number of benzene rings is 1. The van der Waals surface area contributed by atoms with E-state index >= 15 is 0 Å². The molecule has 106 valence electrons. The molecule has 7 nitrogen and oxygen atoms in total. The number of halogens is 1. The minimum absolute atomic E-state index is 0.241. The van der Waals surface area contributed by atoms with Gasteiger partial charge in [0.15, 0.2) is 11.5 Å². The van der Waals surface area contributed by atoms with E-state index in [1.54, 1.807) is 10.9 Å². The molecule has 0 aliphatic carbocycles. The molecule has 2 aromatic heterocycles. The van der Waals surface area contributed by atoms with Gasteiger partial charge in [-0.2, -0.15) is 10.1 Å². The van der Waals surface area contributed by atoms with Crippen LogP contribution in [0.2, 0.25) is 0 Å². The molecule has 0 N–H and O–H groups in total. The molecule has 1 aliphatic rings. The molecular weight excluding hydrogens is 340 g/mol. The Morgan fingerprint density at radius 3 is 3.00 bits per heavy atom. The number of ether oxygens (including phenoxy) is 2. The van der Waals surface area contributed by atoms with E-state index in [4.69, 9.17) is 14.0 Å². The largest absolute Gasteiger partial charge is 0.454 e. The van der Waals surface area contributed by atoms with Crippen LogP contribution in [-0.4, -0.2) is 26.7 Å². The maximum absolute atomic E-state index is 5.34. The van der Waals surface area contributed by atoms with E-state index in [0.717, 1.165) is 15.8 Å². The molecule has 0 radical (unpaired) electrons. The number of hydrogen-bond donors (Lipinski definition) is 0. The first-order valence-corrected chi connectivity index (χ1v) is 6.98. The van der Waals surface area contributed by atoms with Gasteiger partial charge in [-0.05, 0) is 34.1 Å². The van der Waals surface area contributed by atoms with Crippen LogP contribution >= 0.6 is 15.9 Å². The third-order valence-electron chi connectivity index (χ3n) is 3.00. The van der Waals surface area contributed by atoms with Crippen LogP contribution in [-0.2, 0) is 6.54 Å². The van der Waals surface area contributed by atoms with Gasteiger partial charge in [0.1, 0.15) is 6.54 Å². The lowest BCUT2D eigenvalue weighted by atomic mass is 10.2. The molecule has 0 saturated carbocycles. The van der Waals surface area contributed by atoms with Crippen LogP contribution in [0.1, 0.15) is 5.89 Å². The molecule has 0 bridgehead atoms. The fraction of sp³-hybridized carbons (Fsp3) is 0.154. The summed E-state index contributed by atoms with van der Waals surface area (Å²) in [5.41, 5.74) is 0.816. The number of aromatic nitrogens is 4. The molecule has 3 heterocycles. The zero-order chi connectivity index (χ0) is 14.2. The van der Waals surface area contributed by atoms with Gasteiger partial charge >= 0.3 is 0 Å². The highest BCUT2D eigenvalue weighted by Crippen LogP contribution is 2.35. The Labute approximate surface area is 127 Å². The third kappa shape index (κ3) is 2.38. The lowest BCUT2D eigenvalue weighted by Gasteiger charge is -1.97. The summed E-state index contributed by atoms with van der Waals surface area (Å²) in [5, 5.41) is 8.13. The lowest BCUT2D eigenvalue weighted by molar-refractivity contribution is 0.174. The first kappa shape index (κ1) is 12.4. The quantitative estimate of drug-likeness (QED) is 0.723. The molecule has 21 heavy (non-hydrogen) atoms. The fourth-order valence-corrected chi connectivity index (χ4v) is 2.36. The van der Waals surface area contributed by atoms with Crippen LogP contribution in [0.4, 0.5) is 0 Å². The molecule has 0 spiro atoms. The molecule has 0 fully saturated rings. The van der Waals surface area contributed by atoms with Crippen LogP contribution in [0.15, 0.2) is 39.6 Å². The lowest BCUT2D eigenvalue weighted by Crippen LogP contribution is -1.99. The maximum atomic E-state index is 5.34. The van der Waals surface area contributed by atoms with Crippen molar-refractivity contribution >= 4 is 15.9 Å². The summed E-state index contributed by atoms with van der Waals surface area (Å²) >= 11 is 3.34. The smallest absolute Gasteiger partial charge is 0.248 e. The number of rotatable bonds is 3. The summed E-state index contributed by atoms with van der Waals surface area (Å²) in [7, 11) is 0. The van der Waals surface area contributed by atoms with Crippen molar-refractivity contribution in [2.45, 2.75) is 6.54 Å². The number of hydrogen-bond acceptors (Lipinski definition) is 6. The second-order valence-corrected chi connectivity index (χ2v) is 5.35. The van der Waals surface area contributed by atoms with Gasteiger partial charge in [-0.25, -0.2) is 0 Å². The number of nitrogens with zero attached hydrogens (tertiary/aromatic N) is 4. The van der Waals surface area contributed by atoms with Gasteiger partial charge in [0.25, 0.3) is 0 Å². The van der Waals surface area contributed by atoms with Crippen molar-refractivity contribution in [3.8, 4) is 22.9 Å². The average Bonchev–Trinajstić information content (AvgIpc) is 3.19. The Morgan fingerprint density at radius 2 is 2.14 bits per heavy atom. The van der Waals surface area contributed by atoms with Crippen LogP contribution < -0.4 is 9.47 Å². The predicted octanol–water partition coefficient (Wildman–Crippen LogP) is 2.47. The van der Waals surface area contributed by atoms with Gasteiger partial charge in [-0.15, -0.1) is 0 Å². The van der Waals surface area contributed by atoms with Gasteiger partial charge in [0, 0.05) is 11.8 Å². The zero-order valence-electron chi connectivity index (χ0n) is 10.7. The highest BCUT2D eigenvalue weighted by molar-refractivity contribution is 9.10. The van der Waals surface area contributed by atoms with Crippen molar-refractivity contribution in [2.24, 2.45) is 0 Å². The van der Waals surface area contributed by atoms with Crippen molar-refractivity contribution in [3.05, 3.63) is 41.0 Å². The van der Waals surface area contributed by atoms with Gasteiger partial charge in [-0.1, -0.05) is 5.16 Å². The van der Waals surface area contributed by atoms with E-state index in [9.17, 15) is 0 Å².